The van der Waals surface area contributed by atoms with Gasteiger partial charge in [0.25, 0.3) is 0 Å². The number of aromatic nitrogens is 3. The van der Waals surface area contributed by atoms with Gasteiger partial charge < -0.3 is 0 Å². The van der Waals surface area contributed by atoms with Crippen LogP contribution in [0, 0.1) is 25.2 Å². The van der Waals surface area contributed by atoms with Crippen LogP contribution in [0.2, 0.25) is 0 Å². The van der Waals surface area contributed by atoms with Gasteiger partial charge in [-0.1, -0.05) is 89.6 Å². The Morgan fingerprint density at radius 2 is 1.37 bits per heavy atom. The molecular formula is C25H20N4S. The minimum atomic E-state index is 0.592. The molecule has 4 aromatic rings. The van der Waals surface area contributed by atoms with Crippen LogP contribution in [0.25, 0.3) is 22.5 Å². The summed E-state index contributed by atoms with van der Waals surface area (Å²) in [5, 5.41) is 18.8. The third-order valence-corrected chi connectivity index (χ3v) is 5.70. The van der Waals surface area contributed by atoms with Crippen LogP contribution >= 0.6 is 11.8 Å². The summed E-state index contributed by atoms with van der Waals surface area (Å²) in [6.07, 6.45) is 0. The van der Waals surface area contributed by atoms with E-state index in [0.29, 0.717) is 16.5 Å². The maximum Gasteiger partial charge on any atom is 0.210 e. The minimum Gasteiger partial charge on any atom is -0.219 e. The molecule has 0 atom stereocenters. The van der Waals surface area contributed by atoms with E-state index in [1.54, 1.807) is 0 Å². The highest BCUT2D eigenvalue weighted by Gasteiger charge is 2.14. The lowest BCUT2D eigenvalue weighted by atomic mass is 10.0. The van der Waals surface area contributed by atoms with Crippen molar-refractivity contribution in [1.29, 1.82) is 5.26 Å². The van der Waals surface area contributed by atoms with Crippen molar-refractivity contribution in [3.63, 3.8) is 0 Å². The number of benzene rings is 3. The molecule has 1 aromatic heterocycles. The van der Waals surface area contributed by atoms with E-state index in [1.807, 2.05) is 24.3 Å². The average molecular weight is 409 g/mol. The fourth-order valence-corrected chi connectivity index (χ4v) is 3.88. The molecule has 0 aliphatic heterocycles. The summed E-state index contributed by atoms with van der Waals surface area (Å²) < 4.78 is 0. The highest BCUT2D eigenvalue weighted by Crippen LogP contribution is 2.31. The SMILES string of the molecule is Cc1ccc(-c2nnc(SCc3ccccc3C#N)nc2-c2ccc(C)cc2)cc1. The van der Waals surface area contributed by atoms with Gasteiger partial charge in [0.15, 0.2) is 0 Å². The van der Waals surface area contributed by atoms with Gasteiger partial charge in [-0.05, 0) is 25.5 Å². The number of thioether (sulfide) groups is 1. The second-order valence-corrected chi connectivity index (χ2v) is 8.02. The fourth-order valence-electron chi connectivity index (χ4n) is 3.09. The Morgan fingerprint density at radius 1 is 0.767 bits per heavy atom. The maximum absolute atomic E-state index is 9.31. The first kappa shape index (κ1) is 19.8. The van der Waals surface area contributed by atoms with Gasteiger partial charge in [-0.3, -0.25) is 0 Å². The molecule has 4 nitrogen and oxygen atoms in total. The van der Waals surface area contributed by atoms with Crippen LogP contribution in [0.15, 0.2) is 78.0 Å². The number of aryl methyl sites for hydroxylation is 2. The Morgan fingerprint density at radius 3 is 2.00 bits per heavy atom. The molecule has 0 spiro atoms. The lowest BCUT2D eigenvalue weighted by Gasteiger charge is -2.10. The predicted molar refractivity (Wildman–Crippen MR) is 121 cm³/mol. The normalized spacial score (nSPS) is 10.6. The van der Waals surface area contributed by atoms with Crippen molar-refractivity contribution in [3.05, 3.63) is 95.1 Å². The molecule has 0 aliphatic rings. The molecule has 0 fully saturated rings. The molecule has 30 heavy (non-hydrogen) atoms. The lowest BCUT2D eigenvalue weighted by molar-refractivity contribution is 0.850. The van der Waals surface area contributed by atoms with E-state index in [0.717, 1.165) is 28.1 Å². The van der Waals surface area contributed by atoms with Crippen molar-refractivity contribution in [3.8, 4) is 28.6 Å². The quantitative estimate of drug-likeness (QED) is 0.380. The average Bonchev–Trinajstić information content (AvgIpc) is 2.79. The molecule has 0 saturated heterocycles. The topological polar surface area (TPSA) is 62.5 Å². The van der Waals surface area contributed by atoms with Crippen LogP contribution in [0.1, 0.15) is 22.3 Å². The Bertz CT molecular complexity index is 1210. The fraction of sp³-hybridized carbons (Fsp3) is 0.120. The predicted octanol–water partition coefficient (Wildman–Crippen LogP) is 5.99. The first-order chi connectivity index (χ1) is 14.6. The zero-order valence-corrected chi connectivity index (χ0v) is 17.6. The molecule has 5 heteroatoms. The lowest BCUT2D eigenvalue weighted by Crippen LogP contribution is -2.00. The summed E-state index contributed by atoms with van der Waals surface area (Å²) in [5.41, 5.74) is 7.60. The van der Waals surface area contributed by atoms with Crippen molar-refractivity contribution in [2.24, 2.45) is 0 Å². The van der Waals surface area contributed by atoms with Gasteiger partial charge in [0.2, 0.25) is 5.16 Å². The molecule has 1 heterocycles. The first-order valence-corrected chi connectivity index (χ1v) is 10.6. The smallest absolute Gasteiger partial charge is 0.210 e. The molecule has 0 bridgehead atoms. The van der Waals surface area contributed by atoms with Crippen molar-refractivity contribution >= 4 is 11.8 Å². The van der Waals surface area contributed by atoms with E-state index in [1.165, 1.54) is 22.9 Å². The van der Waals surface area contributed by atoms with Gasteiger partial charge in [0.1, 0.15) is 11.4 Å². The second-order valence-electron chi connectivity index (χ2n) is 7.08. The van der Waals surface area contributed by atoms with Gasteiger partial charge in [-0.2, -0.15) is 5.26 Å². The molecule has 0 unspecified atom stereocenters. The van der Waals surface area contributed by atoms with Crippen LogP contribution in [0.3, 0.4) is 0 Å². The summed E-state index contributed by atoms with van der Waals surface area (Å²) in [7, 11) is 0. The molecule has 0 amide bonds. The Hall–Kier alpha value is -3.49. The molecule has 0 radical (unpaired) electrons. The van der Waals surface area contributed by atoms with Crippen LogP contribution < -0.4 is 0 Å². The van der Waals surface area contributed by atoms with Gasteiger partial charge >= 0.3 is 0 Å². The third kappa shape index (κ3) is 4.40. The van der Waals surface area contributed by atoms with Crippen molar-refractivity contribution in [2.75, 3.05) is 0 Å². The summed E-state index contributed by atoms with van der Waals surface area (Å²) >= 11 is 1.49. The molecular weight excluding hydrogens is 388 g/mol. The molecule has 4 rings (SSSR count). The van der Waals surface area contributed by atoms with E-state index >= 15 is 0 Å². The molecule has 3 aromatic carbocycles. The standard InChI is InChI=1S/C25H20N4S/c1-17-7-11-19(12-8-17)23-24(20-13-9-18(2)10-14-20)28-29-25(27-23)30-16-22-6-4-3-5-21(22)15-26/h3-14H,16H2,1-2H3. The zero-order chi connectivity index (χ0) is 20.9. The van der Waals surface area contributed by atoms with Gasteiger partial charge in [0, 0.05) is 16.9 Å². The van der Waals surface area contributed by atoms with Gasteiger partial charge in [-0.25, -0.2) is 4.98 Å². The number of rotatable bonds is 5. The monoisotopic (exact) mass is 408 g/mol. The number of hydrogen-bond donors (Lipinski definition) is 0. The number of nitrogens with zero attached hydrogens (tertiary/aromatic N) is 4. The van der Waals surface area contributed by atoms with E-state index < -0.39 is 0 Å². The molecule has 0 saturated carbocycles. The molecule has 0 aliphatic carbocycles. The second kappa shape index (κ2) is 8.89. The van der Waals surface area contributed by atoms with E-state index in [9.17, 15) is 5.26 Å². The van der Waals surface area contributed by atoms with Crippen molar-refractivity contribution in [1.82, 2.24) is 15.2 Å². The van der Waals surface area contributed by atoms with E-state index in [2.05, 4.69) is 78.6 Å². The zero-order valence-electron chi connectivity index (χ0n) is 16.8. The summed E-state index contributed by atoms with van der Waals surface area (Å²) in [4.78, 5) is 4.85. The first-order valence-electron chi connectivity index (χ1n) is 9.63. The highest BCUT2D eigenvalue weighted by molar-refractivity contribution is 7.98. The van der Waals surface area contributed by atoms with Crippen molar-refractivity contribution < 1.29 is 0 Å². The van der Waals surface area contributed by atoms with E-state index in [4.69, 9.17) is 4.98 Å². The number of nitriles is 1. The summed E-state index contributed by atoms with van der Waals surface area (Å²) in [6.45, 7) is 4.13. The van der Waals surface area contributed by atoms with Crippen LogP contribution in [-0.2, 0) is 5.75 Å². The summed E-state index contributed by atoms with van der Waals surface area (Å²) in [5.74, 6) is 0.614. The highest BCUT2D eigenvalue weighted by atomic mass is 32.2. The molecule has 0 N–H and O–H groups in total. The largest absolute Gasteiger partial charge is 0.219 e. The number of hydrogen-bond acceptors (Lipinski definition) is 5. The van der Waals surface area contributed by atoms with Crippen molar-refractivity contribution in [2.45, 2.75) is 24.8 Å². The molecule has 146 valence electrons. The minimum absolute atomic E-state index is 0.592. The van der Waals surface area contributed by atoms with Crippen LogP contribution in [0.5, 0.6) is 0 Å². The Labute approximate surface area is 180 Å². The summed E-state index contributed by atoms with van der Waals surface area (Å²) in [6, 6.07) is 26.4. The Balaban J connectivity index is 1.71. The van der Waals surface area contributed by atoms with Crippen LogP contribution in [0.4, 0.5) is 0 Å². The Kier molecular flexibility index (Phi) is 5.87. The third-order valence-electron chi connectivity index (χ3n) is 4.81. The maximum atomic E-state index is 9.31. The van der Waals surface area contributed by atoms with E-state index in [-0.39, 0.29) is 0 Å². The van der Waals surface area contributed by atoms with Gasteiger partial charge in [-0.15, -0.1) is 10.2 Å². The van der Waals surface area contributed by atoms with Crippen LogP contribution in [-0.4, -0.2) is 15.2 Å². The van der Waals surface area contributed by atoms with Gasteiger partial charge in [0.05, 0.1) is 11.6 Å².